The molecule has 3 aromatic rings. The fourth-order valence-corrected chi connectivity index (χ4v) is 3.95. The Bertz CT molecular complexity index is 1090. The molecule has 1 amide bonds. The molecule has 27 heavy (non-hydrogen) atoms. The van der Waals surface area contributed by atoms with Gasteiger partial charge in [-0.05, 0) is 36.8 Å². The van der Waals surface area contributed by atoms with Crippen LogP contribution < -0.4 is 5.32 Å². The van der Waals surface area contributed by atoms with Crippen molar-refractivity contribution in [1.29, 1.82) is 0 Å². The van der Waals surface area contributed by atoms with Crippen LogP contribution in [0.5, 0.6) is 0 Å². The molecule has 0 saturated heterocycles. The Hall–Kier alpha value is -2.64. The van der Waals surface area contributed by atoms with Crippen molar-refractivity contribution in [2.45, 2.75) is 17.9 Å². The zero-order chi connectivity index (χ0) is 19.8. The first-order chi connectivity index (χ1) is 12.7. The lowest BCUT2D eigenvalue weighted by Gasteiger charge is -2.14. The van der Waals surface area contributed by atoms with Gasteiger partial charge in [-0.2, -0.15) is 0 Å². The van der Waals surface area contributed by atoms with Crippen LogP contribution in [0, 0.1) is 0 Å². The van der Waals surface area contributed by atoms with E-state index in [2.05, 4.69) is 5.32 Å². The van der Waals surface area contributed by atoms with Crippen molar-refractivity contribution in [3.63, 3.8) is 0 Å². The maximum absolute atomic E-state index is 12.8. The van der Waals surface area contributed by atoms with E-state index in [1.54, 1.807) is 35.9 Å². The van der Waals surface area contributed by atoms with Gasteiger partial charge in [0.2, 0.25) is 10.0 Å². The number of carbonyl (C=O) groups excluding carboxylic acids is 1. The first-order valence-corrected chi connectivity index (χ1v) is 10.0. The van der Waals surface area contributed by atoms with Gasteiger partial charge in [0.25, 0.3) is 5.91 Å². The molecule has 2 aromatic carbocycles. The summed E-state index contributed by atoms with van der Waals surface area (Å²) in [6.45, 7) is 1.93. The van der Waals surface area contributed by atoms with Gasteiger partial charge in [-0.15, -0.1) is 0 Å². The number of benzene rings is 2. The number of hydrogen-bond donors (Lipinski definition) is 1. The number of nitrogens with one attached hydrogen (secondary N) is 1. The van der Waals surface area contributed by atoms with Gasteiger partial charge in [0, 0.05) is 32.0 Å². The highest BCUT2D eigenvalue weighted by Gasteiger charge is 2.20. The Morgan fingerprint density at radius 3 is 2.37 bits per heavy atom. The molecular weight excluding hydrogens is 362 g/mol. The largest absolute Gasteiger partial charge is 0.344 e. The molecule has 0 aliphatic carbocycles. The fraction of sp³-hybridized carbons (Fsp3) is 0.250. The number of fused-ring (bicyclic) bond motifs is 1. The van der Waals surface area contributed by atoms with Crippen molar-refractivity contribution < 1.29 is 13.2 Å². The number of amides is 1. The topological polar surface area (TPSA) is 71.4 Å². The van der Waals surface area contributed by atoms with E-state index in [1.165, 1.54) is 18.4 Å². The Labute approximate surface area is 159 Å². The highest BCUT2D eigenvalue weighted by molar-refractivity contribution is 7.89. The summed E-state index contributed by atoms with van der Waals surface area (Å²) in [5.74, 6) is -0.206. The van der Waals surface area contributed by atoms with Gasteiger partial charge in [0.05, 0.1) is 10.9 Å². The van der Waals surface area contributed by atoms with Crippen LogP contribution in [0.2, 0.25) is 0 Å². The van der Waals surface area contributed by atoms with Crippen LogP contribution in [0.25, 0.3) is 10.9 Å². The Morgan fingerprint density at radius 2 is 1.74 bits per heavy atom. The van der Waals surface area contributed by atoms with Crippen molar-refractivity contribution in [3.05, 3.63) is 65.9 Å². The molecule has 142 valence electrons. The van der Waals surface area contributed by atoms with Crippen molar-refractivity contribution in [1.82, 2.24) is 14.2 Å². The summed E-state index contributed by atoms with van der Waals surface area (Å²) in [5, 5.41) is 3.70. The highest BCUT2D eigenvalue weighted by atomic mass is 32.2. The first-order valence-electron chi connectivity index (χ1n) is 8.59. The van der Waals surface area contributed by atoms with Crippen molar-refractivity contribution in [3.8, 4) is 0 Å². The Kier molecular flexibility index (Phi) is 5.08. The van der Waals surface area contributed by atoms with Crippen LogP contribution in [0.4, 0.5) is 0 Å². The average Bonchev–Trinajstić information content (AvgIpc) is 2.98. The molecule has 0 bridgehead atoms. The highest BCUT2D eigenvalue weighted by Crippen LogP contribution is 2.24. The maximum atomic E-state index is 12.8. The van der Waals surface area contributed by atoms with Crippen LogP contribution in [0.3, 0.4) is 0 Å². The van der Waals surface area contributed by atoms with Crippen molar-refractivity contribution in [2.24, 2.45) is 7.05 Å². The predicted octanol–water partition coefficient (Wildman–Crippen LogP) is 2.92. The van der Waals surface area contributed by atoms with Crippen LogP contribution >= 0.6 is 0 Å². The molecule has 0 saturated carbocycles. The van der Waals surface area contributed by atoms with E-state index in [1.807, 2.05) is 37.3 Å². The molecule has 1 atom stereocenters. The third-order valence-corrected chi connectivity index (χ3v) is 6.48. The zero-order valence-electron chi connectivity index (χ0n) is 15.8. The van der Waals surface area contributed by atoms with Crippen LogP contribution in [-0.2, 0) is 17.1 Å². The summed E-state index contributed by atoms with van der Waals surface area (Å²) < 4.78 is 27.6. The smallest absolute Gasteiger partial charge is 0.268 e. The van der Waals surface area contributed by atoms with Crippen molar-refractivity contribution >= 4 is 26.8 Å². The molecule has 0 radical (unpaired) electrons. The first kappa shape index (κ1) is 19.1. The normalized spacial score (nSPS) is 13.1. The summed E-state index contributed by atoms with van der Waals surface area (Å²) in [4.78, 5) is 13.0. The number of nitrogens with zero attached hydrogens (tertiary/aromatic N) is 2. The summed E-state index contributed by atoms with van der Waals surface area (Å²) in [5.41, 5.74) is 2.29. The van der Waals surface area contributed by atoms with Crippen LogP contribution in [0.1, 0.15) is 29.0 Å². The second-order valence-electron chi connectivity index (χ2n) is 6.70. The van der Waals surface area contributed by atoms with Gasteiger partial charge in [0.1, 0.15) is 5.69 Å². The van der Waals surface area contributed by atoms with Gasteiger partial charge in [-0.1, -0.05) is 30.3 Å². The molecule has 0 aliphatic heterocycles. The van der Waals surface area contributed by atoms with E-state index >= 15 is 0 Å². The van der Waals surface area contributed by atoms with E-state index < -0.39 is 10.0 Å². The van der Waals surface area contributed by atoms with Gasteiger partial charge < -0.3 is 9.88 Å². The van der Waals surface area contributed by atoms with E-state index in [0.717, 1.165) is 11.1 Å². The zero-order valence-corrected chi connectivity index (χ0v) is 16.6. The lowest BCUT2D eigenvalue weighted by atomic mass is 10.1. The van der Waals surface area contributed by atoms with E-state index in [4.69, 9.17) is 0 Å². The Balaban J connectivity index is 1.93. The average molecular weight is 385 g/mol. The summed E-state index contributed by atoms with van der Waals surface area (Å²) >= 11 is 0. The van der Waals surface area contributed by atoms with Crippen molar-refractivity contribution in [2.75, 3.05) is 14.1 Å². The number of rotatable bonds is 5. The minimum atomic E-state index is -3.52. The molecule has 0 spiro atoms. The molecule has 7 heteroatoms. The lowest BCUT2D eigenvalue weighted by Crippen LogP contribution is -2.28. The molecular formula is C20H23N3O3S. The van der Waals surface area contributed by atoms with Gasteiger partial charge >= 0.3 is 0 Å². The van der Waals surface area contributed by atoms with Gasteiger partial charge in [0.15, 0.2) is 0 Å². The number of sulfonamides is 1. The SMILES string of the molecule is CC(NC(=O)c1cc2cc(S(=O)(=O)N(C)C)ccc2n1C)c1ccccc1. The standard InChI is InChI=1S/C20H23N3O3S/c1-14(15-8-6-5-7-9-15)21-20(24)19-13-16-12-17(27(25,26)22(2)3)10-11-18(16)23(19)4/h5-14H,1-4H3,(H,21,24). The maximum Gasteiger partial charge on any atom is 0.268 e. The van der Waals surface area contributed by atoms with Gasteiger partial charge in [-0.3, -0.25) is 4.79 Å². The second kappa shape index (κ2) is 7.17. The molecule has 6 nitrogen and oxygen atoms in total. The third-order valence-electron chi connectivity index (χ3n) is 4.67. The Morgan fingerprint density at radius 1 is 1.07 bits per heavy atom. The minimum absolute atomic E-state index is 0.138. The number of carbonyl (C=O) groups is 1. The molecule has 1 heterocycles. The number of aromatic nitrogens is 1. The molecule has 0 fully saturated rings. The lowest BCUT2D eigenvalue weighted by molar-refractivity contribution is 0.0932. The second-order valence-corrected chi connectivity index (χ2v) is 8.85. The van der Waals surface area contributed by atoms with Crippen LogP contribution in [0.15, 0.2) is 59.5 Å². The molecule has 1 unspecified atom stereocenters. The van der Waals surface area contributed by atoms with E-state index in [0.29, 0.717) is 11.1 Å². The fourth-order valence-electron chi connectivity index (χ4n) is 3.01. The molecule has 3 rings (SSSR count). The van der Waals surface area contributed by atoms with E-state index in [-0.39, 0.29) is 16.8 Å². The third kappa shape index (κ3) is 3.61. The van der Waals surface area contributed by atoms with Crippen LogP contribution in [-0.4, -0.2) is 37.3 Å². The predicted molar refractivity (Wildman–Crippen MR) is 106 cm³/mol. The number of hydrogen-bond acceptors (Lipinski definition) is 3. The summed E-state index contributed by atoms with van der Waals surface area (Å²) in [6.07, 6.45) is 0. The molecule has 1 aromatic heterocycles. The van der Waals surface area contributed by atoms with Gasteiger partial charge in [-0.25, -0.2) is 12.7 Å². The number of aryl methyl sites for hydroxylation is 1. The summed E-state index contributed by atoms with van der Waals surface area (Å²) in [6, 6.07) is 16.2. The summed E-state index contributed by atoms with van der Waals surface area (Å²) in [7, 11) is 1.26. The monoisotopic (exact) mass is 385 g/mol. The minimum Gasteiger partial charge on any atom is -0.344 e. The molecule has 1 N–H and O–H groups in total. The van der Waals surface area contributed by atoms with E-state index in [9.17, 15) is 13.2 Å². The quantitative estimate of drug-likeness (QED) is 0.734. The molecule has 0 aliphatic rings.